The number of rotatable bonds is 5. The standard InChI is InChI=1S/C17H26N2O2S/c1-2-15-6-8-17(9-7-15)22(20,21)19-11-3-10-18(12-13-19)14-16-4-5-16/h6-9,16H,2-5,10-14H2,1H3. The van der Waals surface area contributed by atoms with Crippen LogP contribution in [0.25, 0.3) is 0 Å². The predicted molar refractivity (Wildman–Crippen MR) is 88.4 cm³/mol. The number of hydrogen-bond donors (Lipinski definition) is 0. The van der Waals surface area contributed by atoms with Gasteiger partial charge in [-0.2, -0.15) is 4.31 Å². The highest BCUT2D eigenvalue weighted by atomic mass is 32.2. The summed E-state index contributed by atoms with van der Waals surface area (Å²) in [6.07, 6.45) is 4.56. The lowest BCUT2D eigenvalue weighted by molar-refractivity contribution is 0.275. The molecule has 1 heterocycles. The Hall–Kier alpha value is -0.910. The topological polar surface area (TPSA) is 40.6 Å². The molecule has 22 heavy (non-hydrogen) atoms. The molecule has 122 valence electrons. The fourth-order valence-electron chi connectivity index (χ4n) is 3.08. The van der Waals surface area contributed by atoms with Crippen LogP contribution in [-0.2, 0) is 16.4 Å². The van der Waals surface area contributed by atoms with Gasteiger partial charge in [-0.05, 0) is 55.8 Å². The number of nitrogens with zero attached hydrogens (tertiary/aromatic N) is 2. The zero-order valence-electron chi connectivity index (χ0n) is 13.4. The quantitative estimate of drug-likeness (QED) is 0.835. The van der Waals surface area contributed by atoms with Crippen molar-refractivity contribution in [1.82, 2.24) is 9.21 Å². The Morgan fingerprint density at radius 3 is 2.41 bits per heavy atom. The van der Waals surface area contributed by atoms with E-state index in [2.05, 4.69) is 11.8 Å². The third kappa shape index (κ3) is 3.70. The van der Waals surface area contributed by atoms with Crippen molar-refractivity contribution in [3.05, 3.63) is 29.8 Å². The summed E-state index contributed by atoms with van der Waals surface area (Å²) in [5.41, 5.74) is 1.17. The summed E-state index contributed by atoms with van der Waals surface area (Å²) < 4.78 is 27.2. The van der Waals surface area contributed by atoms with E-state index in [0.29, 0.717) is 18.0 Å². The van der Waals surface area contributed by atoms with Crippen LogP contribution in [0.4, 0.5) is 0 Å². The summed E-state index contributed by atoms with van der Waals surface area (Å²) >= 11 is 0. The van der Waals surface area contributed by atoms with E-state index in [4.69, 9.17) is 0 Å². The molecule has 5 heteroatoms. The molecule has 1 aromatic carbocycles. The van der Waals surface area contributed by atoms with Gasteiger partial charge in [0.15, 0.2) is 0 Å². The summed E-state index contributed by atoms with van der Waals surface area (Å²) in [6, 6.07) is 7.34. The average molecular weight is 322 g/mol. The molecule has 1 saturated heterocycles. The summed E-state index contributed by atoms with van der Waals surface area (Å²) in [7, 11) is -3.34. The van der Waals surface area contributed by atoms with Gasteiger partial charge >= 0.3 is 0 Å². The van der Waals surface area contributed by atoms with Crippen LogP contribution in [0.15, 0.2) is 29.2 Å². The Morgan fingerprint density at radius 2 is 1.77 bits per heavy atom. The maximum absolute atomic E-state index is 12.8. The van der Waals surface area contributed by atoms with Gasteiger partial charge in [0.1, 0.15) is 0 Å². The third-order valence-electron chi connectivity index (χ3n) is 4.73. The Kier molecular flexibility index (Phi) is 4.85. The van der Waals surface area contributed by atoms with E-state index >= 15 is 0 Å². The monoisotopic (exact) mass is 322 g/mol. The molecule has 0 spiro atoms. The van der Waals surface area contributed by atoms with Crippen molar-refractivity contribution in [2.45, 2.75) is 37.5 Å². The summed E-state index contributed by atoms with van der Waals surface area (Å²) in [6.45, 7) is 6.37. The molecular formula is C17H26N2O2S. The van der Waals surface area contributed by atoms with Crippen LogP contribution in [0.5, 0.6) is 0 Å². The van der Waals surface area contributed by atoms with Crippen molar-refractivity contribution in [3.63, 3.8) is 0 Å². The summed E-state index contributed by atoms with van der Waals surface area (Å²) in [5.74, 6) is 0.866. The summed E-state index contributed by atoms with van der Waals surface area (Å²) in [4.78, 5) is 2.87. The van der Waals surface area contributed by atoms with Crippen molar-refractivity contribution in [2.75, 3.05) is 32.7 Å². The van der Waals surface area contributed by atoms with E-state index in [0.717, 1.165) is 38.4 Å². The van der Waals surface area contributed by atoms with Crippen LogP contribution in [-0.4, -0.2) is 50.3 Å². The molecule has 1 aliphatic carbocycles. The van der Waals surface area contributed by atoms with Gasteiger partial charge in [0.25, 0.3) is 0 Å². The first-order valence-electron chi connectivity index (χ1n) is 8.41. The molecule has 1 aromatic rings. The van der Waals surface area contributed by atoms with Crippen molar-refractivity contribution in [3.8, 4) is 0 Å². The SMILES string of the molecule is CCc1ccc(S(=O)(=O)N2CCCN(CC3CC3)CC2)cc1. The second-order valence-corrected chi connectivity index (χ2v) is 8.44. The largest absolute Gasteiger partial charge is 0.302 e. The molecule has 4 nitrogen and oxygen atoms in total. The minimum atomic E-state index is -3.34. The van der Waals surface area contributed by atoms with Crippen molar-refractivity contribution >= 4 is 10.0 Å². The van der Waals surface area contributed by atoms with Gasteiger partial charge in [-0.1, -0.05) is 19.1 Å². The first kappa shape index (κ1) is 16.0. The van der Waals surface area contributed by atoms with E-state index in [-0.39, 0.29) is 0 Å². The molecule has 1 saturated carbocycles. The van der Waals surface area contributed by atoms with Gasteiger partial charge in [0.2, 0.25) is 10.0 Å². The molecule has 0 atom stereocenters. The Bertz CT molecular complexity index is 594. The van der Waals surface area contributed by atoms with Gasteiger partial charge in [-0.25, -0.2) is 8.42 Å². The van der Waals surface area contributed by atoms with Gasteiger partial charge < -0.3 is 4.90 Å². The Labute approximate surface area is 134 Å². The lowest BCUT2D eigenvalue weighted by Crippen LogP contribution is -2.35. The average Bonchev–Trinajstić information content (AvgIpc) is 3.35. The lowest BCUT2D eigenvalue weighted by atomic mass is 10.2. The number of benzene rings is 1. The predicted octanol–water partition coefficient (Wildman–Crippen LogP) is 2.36. The molecule has 0 N–H and O–H groups in total. The minimum absolute atomic E-state index is 0.431. The molecule has 2 aliphatic rings. The van der Waals surface area contributed by atoms with Crippen molar-refractivity contribution < 1.29 is 8.42 Å². The van der Waals surface area contributed by atoms with Crippen LogP contribution in [0, 0.1) is 5.92 Å². The molecule has 0 radical (unpaired) electrons. The van der Waals surface area contributed by atoms with Gasteiger partial charge in [-0.3, -0.25) is 0 Å². The fourth-order valence-corrected chi connectivity index (χ4v) is 4.55. The zero-order valence-corrected chi connectivity index (χ0v) is 14.2. The van der Waals surface area contributed by atoms with Crippen molar-refractivity contribution in [1.29, 1.82) is 0 Å². The zero-order chi connectivity index (χ0) is 15.6. The lowest BCUT2D eigenvalue weighted by Gasteiger charge is -2.21. The fraction of sp³-hybridized carbons (Fsp3) is 0.647. The minimum Gasteiger partial charge on any atom is -0.302 e. The Balaban J connectivity index is 1.68. The number of aryl methyl sites for hydroxylation is 1. The van der Waals surface area contributed by atoms with E-state index in [9.17, 15) is 8.42 Å². The molecule has 2 fully saturated rings. The van der Waals surface area contributed by atoms with E-state index in [1.54, 1.807) is 16.4 Å². The van der Waals surface area contributed by atoms with E-state index in [1.165, 1.54) is 18.4 Å². The highest BCUT2D eigenvalue weighted by Gasteiger charge is 2.29. The van der Waals surface area contributed by atoms with E-state index in [1.807, 2.05) is 12.1 Å². The highest BCUT2D eigenvalue weighted by molar-refractivity contribution is 7.89. The second-order valence-electron chi connectivity index (χ2n) is 6.50. The molecular weight excluding hydrogens is 296 g/mol. The van der Waals surface area contributed by atoms with Crippen molar-refractivity contribution in [2.24, 2.45) is 5.92 Å². The van der Waals surface area contributed by atoms with E-state index < -0.39 is 10.0 Å². The molecule has 0 amide bonds. The summed E-state index contributed by atoms with van der Waals surface area (Å²) in [5, 5.41) is 0. The molecule has 0 unspecified atom stereocenters. The smallest absolute Gasteiger partial charge is 0.243 e. The number of hydrogen-bond acceptors (Lipinski definition) is 3. The van der Waals surface area contributed by atoms with Gasteiger partial charge in [0, 0.05) is 26.2 Å². The van der Waals surface area contributed by atoms with Crippen LogP contribution >= 0.6 is 0 Å². The van der Waals surface area contributed by atoms with Gasteiger partial charge in [0.05, 0.1) is 4.90 Å². The molecule has 0 aromatic heterocycles. The molecule has 3 rings (SSSR count). The first-order valence-corrected chi connectivity index (χ1v) is 9.85. The second kappa shape index (κ2) is 6.69. The van der Waals surface area contributed by atoms with Crippen LogP contribution in [0.2, 0.25) is 0 Å². The van der Waals surface area contributed by atoms with Crippen LogP contribution < -0.4 is 0 Å². The highest BCUT2D eigenvalue weighted by Crippen LogP contribution is 2.30. The van der Waals surface area contributed by atoms with Gasteiger partial charge in [-0.15, -0.1) is 0 Å². The maximum Gasteiger partial charge on any atom is 0.243 e. The van der Waals surface area contributed by atoms with Crippen LogP contribution in [0.1, 0.15) is 31.7 Å². The molecule has 1 aliphatic heterocycles. The van der Waals surface area contributed by atoms with Crippen LogP contribution in [0.3, 0.4) is 0 Å². The third-order valence-corrected chi connectivity index (χ3v) is 6.64. The molecule has 0 bridgehead atoms. The first-order chi connectivity index (χ1) is 10.6. The maximum atomic E-state index is 12.8. The Morgan fingerprint density at radius 1 is 1.05 bits per heavy atom. The normalized spacial score (nSPS) is 21.7. The number of sulfonamides is 1.